The molecule has 3 rings (SSSR count). The average molecular weight is 446 g/mol. The predicted molar refractivity (Wildman–Crippen MR) is 115 cm³/mol. The molecule has 3 amide bonds. The Kier molecular flexibility index (Phi) is 7.24. The second kappa shape index (κ2) is 10.1. The zero-order chi connectivity index (χ0) is 23.3. The van der Waals surface area contributed by atoms with E-state index in [2.05, 4.69) is 15.2 Å². The van der Waals surface area contributed by atoms with E-state index in [1.807, 2.05) is 6.92 Å². The molecule has 10 heteroatoms. The summed E-state index contributed by atoms with van der Waals surface area (Å²) >= 11 is 0. The standard InChI is InChI=1S/C22H24F2N4O4/c1-3-14-11-19(29)28(12-13-4-7-16(8-5-13)26-22(25)30)27-20(14)15-6-9-17(31-2)18(10-15)32-21(23)24/h4-10,14,21H,3,11-12H2,1-2H3,(H3,25,26,30). The van der Waals surface area contributed by atoms with E-state index in [0.717, 1.165) is 5.56 Å². The molecule has 3 N–H and O–H groups in total. The number of hydrogen-bond donors (Lipinski definition) is 2. The van der Waals surface area contributed by atoms with E-state index in [-0.39, 0.29) is 36.3 Å². The van der Waals surface area contributed by atoms with E-state index in [1.165, 1.54) is 24.3 Å². The third-order valence-electron chi connectivity index (χ3n) is 5.05. The number of halogens is 2. The summed E-state index contributed by atoms with van der Waals surface area (Å²) in [5, 5.41) is 8.38. The minimum absolute atomic E-state index is 0.0986. The fraction of sp³-hybridized carbons (Fsp3) is 0.318. The van der Waals surface area contributed by atoms with Crippen LogP contribution in [0.15, 0.2) is 47.6 Å². The van der Waals surface area contributed by atoms with Crippen molar-refractivity contribution in [3.63, 3.8) is 0 Å². The number of nitrogens with zero attached hydrogens (tertiary/aromatic N) is 2. The van der Waals surface area contributed by atoms with Crippen LogP contribution in [-0.2, 0) is 11.3 Å². The number of hydrazone groups is 1. The number of rotatable bonds is 8. The third kappa shape index (κ3) is 5.51. The molecule has 2 aromatic rings. The van der Waals surface area contributed by atoms with Crippen LogP contribution in [0.3, 0.4) is 0 Å². The van der Waals surface area contributed by atoms with Gasteiger partial charge in [-0.3, -0.25) is 4.79 Å². The lowest BCUT2D eigenvalue weighted by Crippen LogP contribution is -2.36. The highest BCUT2D eigenvalue weighted by Crippen LogP contribution is 2.33. The van der Waals surface area contributed by atoms with Crippen LogP contribution in [0.1, 0.15) is 30.9 Å². The maximum atomic E-state index is 12.8. The first-order chi connectivity index (χ1) is 15.3. The number of urea groups is 1. The van der Waals surface area contributed by atoms with Gasteiger partial charge in [0.2, 0.25) is 5.91 Å². The van der Waals surface area contributed by atoms with Crippen LogP contribution in [0.5, 0.6) is 11.5 Å². The summed E-state index contributed by atoms with van der Waals surface area (Å²) in [5.41, 5.74) is 7.62. The van der Waals surface area contributed by atoms with E-state index < -0.39 is 12.6 Å². The largest absolute Gasteiger partial charge is 0.493 e. The maximum Gasteiger partial charge on any atom is 0.387 e. The van der Waals surface area contributed by atoms with Crippen LogP contribution in [0.2, 0.25) is 0 Å². The number of hydrogen-bond acceptors (Lipinski definition) is 5. The molecule has 1 aliphatic heterocycles. The van der Waals surface area contributed by atoms with Gasteiger partial charge in [-0.15, -0.1) is 0 Å². The Morgan fingerprint density at radius 2 is 1.97 bits per heavy atom. The number of nitrogens with two attached hydrogens (primary N) is 1. The fourth-order valence-electron chi connectivity index (χ4n) is 3.47. The smallest absolute Gasteiger partial charge is 0.387 e. The summed E-state index contributed by atoms with van der Waals surface area (Å²) in [4.78, 5) is 23.6. The minimum Gasteiger partial charge on any atom is -0.493 e. The van der Waals surface area contributed by atoms with Crippen molar-refractivity contribution >= 4 is 23.3 Å². The molecule has 1 atom stereocenters. The van der Waals surface area contributed by atoms with Crippen molar-refractivity contribution in [1.82, 2.24) is 5.01 Å². The van der Waals surface area contributed by atoms with Gasteiger partial charge in [0.1, 0.15) is 0 Å². The molecule has 2 aromatic carbocycles. The number of anilines is 1. The van der Waals surface area contributed by atoms with E-state index in [4.69, 9.17) is 10.5 Å². The normalized spacial score (nSPS) is 16.0. The van der Waals surface area contributed by atoms with E-state index in [1.54, 1.807) is 30.3 Å². The van der Waals surface area contributed by atoms with Crippen LogP contribution < -0.4 is 20.5 Å². The highest BCUT2D eigenvalue weighted by Gasteiger charge is 2.30. The molecule has 1 unspecified atom stereocenters. The van der Waals surface area contributed by atoms with Gasteiger partial charge in [-0.1, -0.05) is 19.1 Å². The molecule has 170 valence electrons. The average Bonchev–Trinajstić information content (AvgIpc) is 2.75. The summed E-state index contributed by atoms with van der Waals surface area (Å²) in [6.07, 6.45) is 0.899. The molecule has 0 fully saturated rings. The summed E-state index contributed by atoms with van der Waals surface area (Å²) < 4.78 is 35.3. The van der Waals surface area contributed by atoms with E-state index in [0.29, 0.717) is 23.4 Å². The summed E-state index contributed by atoms with van der Waals surface area (Å²) in [5.74, 6) is -0.221. The Morgan fingerprint density at radius 3 is 2.56 bits per heavy atom. The Hall–Kier alpha value is -3.69. The summed E-state index contributed by atoms with van der Waals surface area (Å²) in [6, 6.07) is 10.9. The topological polar surface area (TPSA) is 106 Å². The van der Waals surface area contributed by atoms with Gasteiger partial charge in [-0.2, -0.15) is 13.9 Å². The number of nitrogens with one attached hydrogen (secondary N) is 1. The molecule has 0 radical (unpaired) electrons. The lowest BCUT2D eigenvalue weighted by atomic mass is 9.89. The number of ether oxygens (including phenoxy) is 2. The molecule has 0 saturated carbocycles. The quantitative estimate of drug-likeness (QED) is 0.640. The second-order valence-corrected chi connectivity index (χ2v) is 7.18. The van der Waals surface area contributed by atoms with E-state index in [9.17, 15) is 18.4 Å². The van der Waals surface area contributed by atoms with Crippen LogP contribution in [0.25, 0.3) is 0 Å². The van der Waals surface area contributed by atoms with Gasteiger partial charge in [-0.25, -0.2) is 9.80 Å². The molecule has 32 heavy (non-hydrogen) atoms. The number of amides is 3. The Bertz CT molecular complexity index is 1010. The van der Waals surface area contributed by atoms with Crippen molar-refractivity contribution < 1.29 is 27.8 Å². The van der Waals surface area contributed by atoms with Gasteiger partial charge >= 0.3 is 12.6 Å². The first kappa shape index (κ1) is 23.0. The Balaban J connectivity index is 1.89. The van der Waals surface area contributed by atoms with E-state index >= 15 is 0 Å². The van der Waals surface area contributed by atoms with Crippen LogP contribution in [-0.4, -0.2) is 36.4 Å². The number of primary amides is 1. The van der Waals surface area contributed by atoms with Gasteiger partial charge in [0.05, 0.1) is 19.4 Å². The molecule has 8 nitrogen and oxygen atoms in total. The van der Waals surface area contributed by atoms with Crippen molar-refractivity contribution in [2.45, 2.75) is 32.9 Å². The van der Waals surface area contributed by atoms with Gasteiger partial charge in [0.25, 0.3) is 0 Å². The highest BCUT2D eigenvalue weighted by molar-refractivity contribution is 6.06. The maximum absolute atomic E-state index is 12.8. The molecule has 0 saturated heterocycles. The second-order valence-electron chi connectivity index (χ2n) is 7.18. The van der Waals surface area contributed by atoms with Gasteiger partial charge < -0.3 is 20.5 Å². The number of carbonyl (C=O) groups is 2. The van der Waals surface area contributed by atoms with Gasteiger partial charge in [0.15, 0.2) is 11.5 Å². The zero-order valence-electron chi connectivity index (χ0n) is 17.7. The van der Waals surface area contributed by atoms with Crippen molar-refractivity contribution in [3.8, 4) is 11.5 Å². The number of methoxy groups -OCH3 is 1. The molecule has 1 heterocycles. The highest BCUT2D eigenvalue weighted by atomic mass is 19.3. The van der Waals surface area contributed by atoms with Crippen LogP contribution >= 0.6 is 0 Å². The predicted octanol–water partition coefficient (Wildman–Crippen LogP) is 3.95. The monoisotopic (exact) mass is 446 g/mol. The van der Waals surface area contributed by atoms with Gasteiger partial charge in [-0.05, 0) is 42.3 Å². The first-order valence-electron chi connectivity index (χ1n) is 9.98. The number of alkyl halides is 2. The molecule has 0 aromatic heterocycles. The molecular formula is C22H24F2N4O4. The molecule has 0 spiro atoms. The van der Waals surface area contributed by atoms with Crippen molar-refractivity contribution in [1.29, 1.82) is 0 Å². The van der Waals surface area contributed by atoms with Crippen LogP contribution in [0, 0.1) is 5.92 Å². The van der Waals surface area contributed by atoms with Crippen LogP contribution in [0.4, 0.5) is 19.3 Å². The van der Waals surface area contributed by atoms with Crippen molar-refractivity contribution in [2.75, 3.05) is 12.4 Å². The lowest BCUT2D eigenvalue weighted by molar-refractivity contribution is -0.133. The fourth-order valence-corrected chi connectivity index (χ4v) is 3.47. The molecular weight excluding hydrogens is 422 g/mol. The summed E-state index contributed by atoms with van der Waals surface area (Å²) in [6.45, 7) is -0.848. The first-order valence-corrected chi connectivity index (χ1v) is 9.98. The molecule has 0 aliphatic carbocycles. The van der Waals surface area contributed by atoms with Crippen molar-refractivity contribution in [3.05, 3.63) is 53.6 Å². The summed E-state index contributed by atoms with van der Waals surface area (Å²) in [7, 11) is 1.37. The van der Waals surface area contributed by atoms with Gasteiger partial charge in [0, 0.05) is 23.6 Å². The SMILES string of the molecule is CCC1CC(=O)N(Cc2ccc(NC(N)=O)cc2)N=C1c1ccc(OC)c(OC(F)F)c1. The minimum atomic E-state index is -3.00. The number of carbonyl (C=O) groups excluding carboxylic acids is 2. The Morgan fingerprint density at radius 1 is 1.25 bits per heavy atom. The Labute approximate surface area is 184 Å². The third-order valence-corrected chi connectivity index (χ3v) is 5.05. The molecule has 0 bridgehead atoms. The lowest BCUT2D eigenvalue weighted by Gasteiger charge is -2.29. The zero-order valence-corrected chi connectivity index (χ0v) is 17.7. The molecule has 1 aliphatic rings. The van der Waals surface area contributed by atoms with Crippen molar-refractivity contribution in [2.24, 2.45) is 16.8 Å². The number of benzene rings is 2.